The van der Waals surface area contributed by atoms with Gasteiger partial charge in [0.25, 0.3) is 5.22 Å². The molecule has 1 heterocycles. The second-order valence-electron chi connectivity index (χ2n) is 7.20. The zero-order valence-electron chi connectivity index (χ0n) is 18.6. The summed E-state index contributed by atoms with van der Waals surface area (Å²) in [5, 5.41) is 8.38. The van der Waals surface area contributed by atoms with Crippen LogP contribution in [0.1, 0.15) is 5.56 Å². The molecule has 0 fully saturated rings. The number of amides is 1. The molecular formula is C25H22FN3O4S. The summed E-state index contributed by atoms with van der Waals surface area (Å²) in [6.45, 7) is 0.313. The summed E-state index contributed by atoms with van der Waals surface area (Å²) in [6, 6.07) is 20.5. The Bertz CT molecular complexity index is 1250. The molecule has 1 aromatic heterocycles. The molecule has 0 aliphatic carbocycles. The van der Waals surface area contributed by atoms with E-state index in [0.29, 0.717) is 23.9 Å². The van der Waals surface area contributed by atoms with Gasteiger partial charge in [0, 0.05) is 11.3 Å². The van der Waals surface area contributed by atoms with Crippen LogP contribution < -0.4 is 14.4 Å². The lowest BCUT2D eigenvalue weighted by Crippen LogP contribution is -2.31. The average Bonchev–Trinajstić information content (AvgIpc) is 3.36. The van der Waals surface area contributed by atoms with Crippen LogP contribution in [-0.2, 0) is 11.3 Å². The first-order valence-electron chi connectivity index (χ1n) is 10.4. The molecule has 34 heavy (non-hydrogen) atoms. The number of benzene rings is 3. The summed E-state index contributed by atoms with van der Waals surface area (Å²) >= 11 is 1.14. The summed E-state index contributed by atoms with van der Waals surface area (Å²) < 4.78 is 29.6. The van der Waals surface area contributed by atoms with Gasteiger partial charge in [-0.2, -0.15) is 0 Å². The first kappa shape index (κ1) is 23.3. The molecule has 1 amide bonds. The standard InChI is InChI=1S/C25H22FN3O4S/c1-31-21-12-6-17(7-13-21)15-29(20-10-8-19(26)9-11-20)23(30)16-34-25-28-27-24(33-25)18-4-3-5-22(14-18)32-2/h3-14H,15-16H2,1-2H3. The fourth-order valence-corrected chi connectivity index (χ4v) is 3.84. The second kappa shape index (κ2) is 10.8. The Hall–Kier alpha value is -3.85. The van der Waals surface area contributed by atoms with Crippen LogP contribution in [0.4, 0.5) is 10.1 Å². The molecule has 0 bridgehead atoms. The SMILES string of the molecule is COc1ccc(CN(C(=O)CSc2nnc(-c3cccc(OC)c3)o2)c2ccc(F)cc2)cc1. The maximum absolute atomic E-state index is 13.5. The van der Waals surface area contributed by atoms with Gasteiger partial charge in [-0.3, -0.25) is 4.79 Å². The van der Waals surface area contributed by atoms with Crippen molar-refractivity contribution < 1.29 is 23.1 Å². The number of carbonyl (C=O) groups is 1. The van der Waals surface area contributed by atoms with Gasteiger partial charge in [-0.05, 0) is 60.2 Å². The number of anilines is 1. The molecule has 0 aliphatic heterocycles. The molecule has 0 saturated carbocycles. The van der Waals surface area contributed by atoms with Gasteiger partial charge in [0.05, 0.1) is 26.5 Å². The number of methoxy groups -OCH3 is 2. The lowest BCUT2D eigenvalue weighted by atomic mass is 10.2. The maximum atomic E-state index is 13.5. The normalized spacial score (nSPS) is 10.7. The molecule has 0 spiro atoms. The molecule has 4 rings (SSSR count). The van der Waals surface area contributed by atoms with Crippen LogP contribution in [-0.4, -0.2) is 36.1 Å². The highest BCUT2D eigenvalue weighted by Gasteiger charge is 2.19. The van der Waals surface area contributed by atoms with E-state index >= 15 is 0 Å². The fraction of sp³-hybridized carbons (Fsp3) is 0.160. The molecule has 7 nitrogen and oxygen atoms in total. The van der Waals surface area contributed by atoms with E-state index in [9.17, 15) is 9.18 Å². The predicted molar refractivity (Wildman–Crippen MR) is 128 cm³/mol. The van der Waals surface area contributed by atoms with Crippen LogP contribution in [0.15, 0.2) is 82.4 Å². The molecule has 0 N–H and O–H groups in total. The Kier molecular flexibility index (Phi) is 7.44. The van der Waals surface area contributed by atoms with Crippen molar-refractivity contribution in [3.63, 3.8) is 0 Å². The fourth-order valence-electron chi connectivity index (χ4n) is 3.20. The van der Waals surface area contributed by atoms with Crippen LogP contribution in [0, 0.1) is 5.82 Å². The van der Waals surface area contributed by atoms with Crippen LogP contribution in [0.2, 0.25) is 0 Å². The summed E-state index contributed by atoms with van der Waals surface area (Å²) in [5.74, 6) is 1.24. The second-order valence-corrected chi connectivity index (χ2v) is 8.12. The zero-order chi connectivity index (χ0) is 23.9. The summed E-state index contributed by atoms with van der Waals surface area (Å²) in [6.07, 6.45) is 0. The monoisotopic (exact) mass is 479 g/mol. The molecule has 0 atom stereocenters. The minimum absolute atomic E-state index is 0.0628. The van der Waals surface area contributed by atoms with E-state index in [2.05, 4.69) is 10.2 Å². The largest absolute Gasteiger partial charge is 0.497 e. The van der Waals surface area contributed by atoms with E-state index in [1.54, 1.807) is 37.3 Å². The molecule has 9 heteroatoms. The van der Waals surface area contributed by atoms with Crippen molar-refractivity contribution in [2.24, 2.45) is 0 Å². The van der Waals surface area contributed by atoms with E-state index in [4.69, 9.17) is 13.9 Å². The number of halogens is 1. The van der Waals surface area contributed by atoms with E-state index in [0.717, 1.165) is 28.6 Å². The average molecular weight is 480 g/mol. The molecular weight excluding hydrogens is 457 g/mol. The first-order chi connectivity index (χ1) is 16.6. The molecule has 3 aromatic carbocycles. The molecule has 0 radical (unpaired) electrons. The molecule has 0 aliphatic rings. The topological polar surface area (TPSA) is 77.7 Å². The number of rotatable bonds is 9. The van der Waals surface area contributed by atoms with E-state index in [1.807, 2.05) is 42.5 Å². The van der Waals surface area contributed by atoms with Crippen molar-refractivity contribution in [1.82, 2.24) is 10.2 Å². The number of nitrogens with zero attached hydrogens (tertiary/aromatic N) is 3. The third-order valence-electron chi connectivity index (χ3n) is 4.98. The smallest absolute Gasteiger partial charge is 0.277 e. The third-order valence-corrected chi connectivity index (χ3v) is 5.78. The molecule has 0 unspecified atom stereocenters. The minimum Gasteiger partial charge on any atom is -0.497 e. The van der Waals surface area contributed by atoms with Crippen molar-refractivity contribution in [1.29, 1.82) is 0 Å². The van der Waals surface area contributed by atoms with E-state index in [1.165, 1.54) is 12.1 Å². The lowest BCUT2D eigenvalue weighted by Gasteiger charge is -2.23. The van der Waals surface area contributed by atoms with Crippen LogP contribution >= 0.6 is 11.8 Å². The van der Waals surface area contributed by atoms with E-state index < -0.39 is 0 Å². The number of ether oxygens (including phenoxy) is 2. The highest BCUT2D eigenvalue weighted by Crippen LogP contribution is 2.27. The summed E-state index contributed by atoms with van der Waals surface area (Å²) in [7, 11) is 3.18. The minimum atomic E-state index is -0.370. The summed E-state index contributed by atoms with van der Waals surface area (Å²) in [4.78, 5) is 14.8. The zero-order valence-corrected chi connectivity index (χ0v) is 19.4. The lowest BCUT2D eigenvalue weighted by molar-refractivity contribution is -0.116. The van der Waals surface area contributed by atoms with Gasteiger partial charge in [0.2, 0.25) is 11.8 Å². The highest BCUT2D eigenvalue weighted by molar-refractivity contribution is 7.99. The Morgan fingerprint density at radius 3 is 2.41 bits per heavy atom. The van der Waals surface area contributed by atoms with Crippen LogP contribution in [0.25, 0.3) is 11.5 Å². The van der Waals surface area contributed by atoms with Crippen molar-refractivity contribution in [2.75, 3.05) is 24.9 Å². The Balaban J connectivity index is 1.48. The number of aromatic nitrogens is 2. The van der Waals surface area contributed by atoms with Crippen molar-refractivity contribution in [2.45, 2.75) is 11.8 Å². The van der Waals surface area contributed by atoms with Crippen molar-refractivity contribution in [3.05, 3.63) is 84.2 Å². The molecule has 174 valence electrons. The van der Waals surface area contributed by atoms with Crippen molar-refractivity contribution in [3.8, 4) is 23.0 Å². The Morgan fingerprint density at radius 1 is 0.971 bits per heavy atom. The number of thioether (sulfide) groups is 1. The van der Waals surface area contributed by atoms with Gasteiger partial charge >= 0.3 is 0 Å². The number of hydrogen-bond acceptors (Lipinski definition) is 7. The van der Waals surface area contributed by atoms with Gasteiger partial charge in [-0.1, -0.05) is 30.0 Å². The quantitative estimate of drug-likeness (QED) is 0.305. The Labute approximate surface area is 200 Å². The number of hydrogen-bond donors (Lipinski definition) is 0. The van der Waals surface area contributed by atoms with Gasteiger partial charge in [0.1, 0.15) is 17.3 Å². The van der Waals surface area contributed by atoms with Gasteiger partial charge in [-0.15, -0.1) is 10.2 Å². The Morgan fingerprint density at radius 2 is 1.71 bits per heavy atom. The van der Waals surface area contributed by atoms with Gasteiger partial charge in [0.15, 0.2) is 0 Å². The van der Waals surface area contributed by atoms with E-state index in [-0.39, 0.29) is 22.7 Å². The van der Waals surface area contributed by atoms with Crippen LogP contribution in [0.3, 0.4) is 0 Å². The maximum Gasteiger partial charge on any atom is 0.277 e. The number of carbonyl (C=O) groups excluding carboxylic acids is 1. The van der Waals surface area contributed by atoms with Gasteiger partial charge < -0.3 is 18.8 Å². The van der Waals surface area contributed by atoms with Crippen molar-refractivity contribution >= 4 is 23.4 Å². The molecule has 4 aromatic rings. The molecule has 0 saturated heterocycles. The highest BCUT2D eigenvalue weighted by atomic mass is 32.2. The van der Waals surface area contributed by atoms with Crippen LogP contribution in [0.5, 0.6) is 11.5 Å². The first-order valence-corrected chi connectivity index (χ1v) is 11.3. The van der Waals surface area contributed by atoms with Gasteiger partial charge in [-0.25, -0.2) is 4.39 Å². The third kappa shape index (κ3) is 5.74. The predicted octanol–water partition coefficient (Wildman–Crippen LogP) is 5.22. The summed E-state index contributed by atoms with van der Waals surface area (Å²) in [5.41, 5.74) is 2.21.